The molecule has 1 saturated heterocycles. The first-order chi connectivity index (χ1) is 10.7. The molecule has 2 aliphatic rings. The second-order valence-corrected chi connectivity index (χ2v) is 6.44. The van der Waals surface area contributed by atoms with Crippen LogP contribution in [0.15, 0.2) is 59.7 Å². The van der Waals surface area contributed by atoms with Gasteiger partial charge in [-0.05, 0) is 38.1 Å². The molecule has 0 aliphatic carbocycles. The average Bonchev–Trinajstić information content (AvgIpc) is 3.19. The zero-order chi connectivity index (χ0) is 15.2. The summed E-state index contributed by atoms with van der Waals surface area (Å²) < 4.78 is 5.88. The van der Waals surface area contributed by atoms with E-state index in [0.29, 0.717) is 6.61 Å². The highest BCUT2D eigenvalue weighted by Crippen LogP contribution is 2.48. The number of nitrogens with zero attached hydrogens (tertiary/aromatic N) is 3. The number of pyridine rings is 1. The number of para-hydroxylation sites is 1. The molecule has 1 aromatic carbocycles. The maximum atomic E-state index is 5.88. The highest BCUT2D eigenvalue weighted by atomic mass is 16.5. The molecule has 2 aromatic rings. The third-order valence-corrected chi connectivity index (χ3v) is 4.09. The van der Waals surface area contributed by atoms with Crippen LogP contribution in [0.4, 0.5) is 5.69 Å². The van der Waals surface area contributed by atoms with Crippen LogP contribution < -0.4 is 4.90 Å². The summed E-state index contributed by atoms with van der Waals surface area (Å²) in [4.78, 5) is 11.6. The Labute approximate surface area is 130 Å². The van der Waals surface area contributed by atoms with Crippen molar-refractivity contribution in [2.24, 2.45) is 4.99 Å². The van der Waals surface area contributed by atoms with Crippen molar-refractivity contribution in [3.8, 4) is 0 Å². The highest BCUT2D eigenvalue weighted by Gasteiger charge is 2.55. The highest BCUT2D eigenvalue weighted by molar-refractivity contribution is 5.94. The Hall–Kier alpha value is -2.36. The third-order valence-electron chi connectivity index (χ3n) is 4.09. The molecule has 0 amide bonds. The predicted molar refractivity (Wildman–Crippen MR) is 87.2 cm³/mol. The van der Waals surface area contributed by atoms with E-state index in [4.69, 9.17) is 9.73 Å². The van der Waals surface area contributed by atoms with E-state index < -0.39 is 0 Å². The third kappa shape index (κ3) is 2.25. The SMILES string of the molecule is CC1(C)COC([C@H]2[C@@H](c3ccccn3)N2c2ccccc2)=N1. The first-order valence-corrected chi connectivity index (χ1v) is 7.63. The van der Waals surface area contributed by atoms with Crippen LogP contribution in [-0.2, 0) is 4.74 Å². The van der Waals surface area contributed by atoms with Gasteiger partial charge in [-0.15, -0.1) is 0 Å². The molecule has 112 valence electrons. The van der Waals surface area contributed by atoms with Crippen molar-refractivity contribution in [1.82, 2.24) is 4.98 Å². The van der Waals surface area contributed by atoms with Crippen molar-refractivity contribution in [3.05, 3.63) is 60.4 Å². The van der Waals surface area contributed by atoms with Crippen molar-refractivity contribution in [3.63, 3.8) is 0 Å². The molecule has 0 N–H and O–H groups in total. The minimum Gasteiger partial charge on any atom is -0.477 e. The number of ether oxygens (including phenoxy) is 1. The fourth-order valence-electron chi connectivity index (χ4n) is 3.03. The molecular formula is C18H19N3O. The number of hydrogen-bond donors (Lipinski definition) is 0. The maximum absolute atomic E-state index is 5.88. The molecule has 4 nitrogen and oxygen atoms in total. The first-order valence-electron chi connectivity index (χ1n) is 7.63. The summed E-state index contributed by atoms with van der Waals surface area (Å²) in [5.74, 6) is 0.838. The summed E-state index contributed by atoms with van der Waals surface area (Å²) in [7, 11) is 0. The number of hydrogen-bond acceptors (Lipinski definition) is 4. The van der Waals surface area contributed by atoms with Gasteiger partial charge in [-0.1, -0.05) is 24.3 Å². The smallest absolute Gasteiger partial charge is 0.210 e. The molecule has 2 atom stereocenters. The second kappa shape index (κ2) is 4.83. The van der Waals surface area contributed by atoms with Crippen molar-refractivity contribution in [2.75, 3.05) is 11.5 Å². The lowest BCUT2D eigenvalue weighted by Gasteiger charge is -2.07. The summed E-state index contributed by atoms with van der Waals surface area (Å²) >= 11 is 0. The fourth-order valence-corrected chi connectivity index (χ4v) is 3.03. The Balaban J connectivity index is 1.70. The minimum absolute atomic E-state index is 0.130. The van der Waals surface area contributed by atoms with Crippen LogP contribution in [0.3, 0.4) is 0 Å². The van der Waals surface area contributed by atoms with E-state index >= 15 is 0 Å². The quantitative estimate of drug-likeness (QED) is 0.815. The Kier molecular flexibility index (Phi) is 2.93. The van der Waals surface area contributed by atoms with Gasteiger partial charge in [0.25, 0.3) is 0 Å². The molecule has 0 spiro atoms. The van der Waals surface area contributed by atoms with E-state index in [1.807, 2.05) is 24.4 Å². The van der Waals surface area contributed by atoms with E-state index in [-0.39, 0.29) is 17.6 Å². The lowest BCUT2D eigenvalue weighted by atomic mass is 10.1. The molecular weight excluding hydrogens is 274 g/mol. The Morgan fingerprint density at radius 3 is 2.45 bits per heavy atom. The lowest BCUT2D eigenvalue weighted by molar-refractivity contribution is 0.275. The van der Waals surface area contributed by atoms with Crippen molar-refractivity contribution in [1.29, 1.82) is 0 Å². The van der Waals surface area contributed by atoms with Crippen LogP contribution in [0.25, 0.3) is 0 Å². The molecule has 1 fully saturated rings. The maximum Gasteiger partial charge on any atom is 0.210 e. The zero-order valence-electron chi connectivity index (χ0n) is 12.8. The van der Waals surface area contributed by atoms with Gasteiger partial charge in [-0.25, -0.2) is 4.99 Å². The summed E-state index contributed by atoms with van der Waals surface area (Å²) in [5, 5.41) is 0. The van der Waals surface area contributed by atoms with Crippen LogP contribution in [0.5, 0.6) is 0 Å². The van der Waals surface area contributed by atoms with Gasteiger partial charge < -0.3 is 9.64 Å². The van der Waals surface area contributed by atoms with Crippen molar-refractivity contribution >= 4 is 11.6 Å². The molecule has 0 bridgehead atoms. The van der Waals surface area contributed by atoms with Crippen LogP contribution in [0, 0.1) is 0 Å². The Morgan fingerprint density at radius 2 is 1.82 bits per heavy atom. The molecule has 22 heavy (non-hydrogen) atoms. The molecule has 2 aliphatic heterocycles. The van der Waals surface area contributed by atoms with Crippen molar-refractivity contribution < 1.29 is 4.74 Å². The van der Waals surface area contributed by atoms with Crippen LogP contribution in [-0.4, -0.2) is 29.1 Å². The van der Waals surface area contributed by atoms with Crippen LogP contribution in [0.1, 0.15) is 25.6 Å². The predicted octanol–water partition coefficient (Wildman–Crippen LogP) is 3.22. The molecule has 0 saturated carbocycles. The topological polar surface area (TPSA) is 37.5 Å². The molecule has 0 radical (unpaired) electrons. The number of anilines is 1. The fraction of sp³-hybridized carbons (Fsp3) is 0.333. The molecule has 4 heteroatoms. The van der Waals surface area contributed by atoms with Crippen LogP contribution >= 0.6 is 0 Å². The van der Waals surface area contributed by atoms with Gasteiger partial charge in [-0.2, -0.15) is 0 Å². The molecule has 1 aromatic heterocycles. The van der Waals surface area contributed by atoms with E-state index in [1.54, 1.807) is 0 Å². The van der Waals surface area contributed by atoms with Crippen LogP contribution in [0.2, 0.25) is 0 Å². The average molecular weight is 293 g/mol. The van der Waals surface area contributed by atoms with Gasteiger partial charge in [-0.3, -0.25) is 4.98 Å². The normalized spacial score (nSPS) is 25.5. The number of rotatable bonds is 3. The van der Waals surface area contributed by atoms with Gasteiger partial charge in [0.05, 0.1) is 11.2 Å². The zero-order valence-corrected chi connectivity index (χ0v) is 12.8. The Bertz CT molecular complexity index is 651. The largest absolute Gasteiger partial charge is 0.477 e. The summed E-state index contributed by atoms with van der Waals surface area (Å²) in [6, 6.07) is 16.8. The summed E-state index contributed by atoms with van der Waals surface area (Å²) in [6.45, 7) is 4.85. The van der Waals surface area contributed by atoms with Gasteiger partial charge in [0.15, 0.2) is 0 Å². The number of aromatic nitrogens is 1. The van der Waals surface area contributed by atoms with Gasteiger partial charge >= 0.3 is 0 Å². The molecule has 4 rings (SSSR count). The minimum atomic E-state index is -0.130. The van der Waals surface area contributed by atoms with E-state index in [9.17, 15) is 0 Å². The number of benzene rings is 1. The van der Waals surface area contributed by atoms with Crippen molar-refractivity contribution in [2.45, 2.75) is 31.5 Å². The van der Waals surface area contributed by atoms with Gasteiger partial charge in [0.1, 0.15) is 18.7 Å². The summed E-state index contributed by atoms with van der Waals surface area (Å²) in [6.07, 6.45) is 1.84. The second-order valence-electron chi connectivity index (χ2n) is 6.44. The standard InChI is InChI=1S/C18H19N3O/c1-18(2)12-22-17(20-18)16-15(14-10-6-7-11-19-14)21(16)13-8-4-3-5-9-13/h3-11,15-16H,12H2,1-2H3/t15-,16-,21?/m1/s1. The molecule has 0 unspecified atom stereocenters. The first kappa shape index (κ1) is 13.3. The van der Waals surface area contributed by atoms with E-state index in [1.165, 1.54) is 5.69 Å². The van der Waals surface area contributed by atoms with E-state index in [0.717, 1.165) is 11.6 Å². The van der Waals surface area contributed by atoms with Gasteiger partial charge in [0, 0.05) is 11.9 Å². The summed E-state index contributed by atoms with van der Waals surface area (Å²) in [5.41, 5.74) is 2.11. The van der Waals surface area contributed by atoms with E-state index in [2.05, 4.69) is 54.1 Å². The monoisotopic (exact) mass is 293 g/mol. The Morgan fingerprint density at radius 1 is 1.05 bits per heavy atom. The molecule has 3 heterocycles. The van der Waals surface area contributed by atoms with Gasteiger partial charge in [0.2, 0.25) is 5.90 Å². The number of aliphatic imine (C=N–C) groups is 1. The lowest BCUT2D eigenvalue weighted by Crippen LogP contribution is -2.17.